The number of ether oxygens (including phenoxy) is 1. The Morgan fingerprint density at radius 1 is 1.32 bits per heavy atom. The summed E-state index contributed by atoms with van der Waals surface area (Å²) in [6.07, 6.45) is 3.17. The van der Waals surface area contributed by atoms with Gasteiger partial charge in [-0.1, -0.05) is 0 Å². The van der Waals surface area contributed by atoms with Crippen LogP contribution in [-0.2, 0) is 4.74 Å². The standard InChI is InChI=1S/C17H24BrN3O4/c1-17(2,3)25-16(22)20-12-6-4-5-11(9-12)19-13-7-8-14(18)15(10-13)21(23)24/h7-8,10-12,19H,4-6,9H2,1-3H3,(H,20,22). The predicted molar refractivity (Wildman–Crippen MR) is 99.8 cm³/mol. The maximum atomic E-state index is 11.9. The molecule has 0 aromatic heterocycles. The van der Waals surface area contributed by atoms with E-state index in [1.54, 1.807) is 6.07 Å². The normalized spacial score (nSPS) is 20.6. The van der Waals surface area contributed by atoms with Gasteiger partial charge in [-0.15, -0.1) is 0 Å². The Balaban J connectivity index is 1.94. The van der Waals surface area contributed by atoms with Crippen LogP contribution in [0.1, 0.15) is 46.5 Å². The van der Waals surface area contributed by atoms with Crippen molar-refractivity contribution < 1.29 is 14.5 Å². The fraction of sp³-hybridized carbons (Fsp3) is 0.588. The molecule has 2 unspecified atom stereocenters. The van der Waals surface area contributed by atoms with Crippen LogP contribution in [0.5, 0.6) is 0 Å². The van der Waals surface area contributed by atoms with Gasteiger partial charge in [0.1, 0.15) is 5.60 Å². The number of alkyl carbamates (subject to hydrolysis) is 1. The van der Waals surface area contributed by atoms with E-state index in [0.29, 0.717) is 10.2 Å². The molecule has 0 saturated heterocycles. The van der Waals surface area contributed by atoms with E-state index >= 15 is 0 Å². The highest BCUT2D eigenvalue weighted by Gasteiger charge is 2.26. The van der Waals surface area contributed by atoms with Gasteiger partial charge >= 0.3 is 6.09 Å². The molecule has 1 saturated carbocycles. The molecule has 1 aliphatic rings. The van der Waals surface area contributed by atoms with Gasteiger partial charge in [-0.05, 0) is 74.5 Å². The number of nitro benzene ring substituents is 1. The molecule has 1 aliphatic carbocycles. The average molecular weight is 414 g/mol. The first kappa shape index (κ1) is 19.5. The number of anilines is 1. The van der Waals surface area contributed by atoms with Gasteiger partial charge in [-0.2, -0.15) is 0 Å². The summed E-state index contributed by atoms with van der Waals surface area (Å²) in [6.45, 7) is 5.49. The van der Waals surface area contributed by atoms with Gasteiger partial charge in [-0.25, -0.2) is 4.79 Å². The molecular formula is C17H24BrN3O4. The molecule has 1 aromatic rings. The fourth-order valence-corrected chi connectivity index (χ4v) is 3.30. The third kappa shape index (κ3) is 6.19. The van der Waals surface area contributed by atoms with Crippen LogP contribution in [0.3, 0.4) is 0 Å². The number of carbonyl (C=O) groups excluding carboxylic acids is 1. The Bertz CT molecular complexity index is 645. The summed E-state index contributed by atoms with van der Waals surface area (Å²) in [6, 6.07) is 5.18. The monoisotopic (exact) mass is 413 g/mol. The quantitative estimate of drug-likeness (QED) is 0.555. The lowest BCUT2D eigenvalue weighted by Crippen LogP contribution is -2.43. The number of benzene rings is 1. The predicted octanol–water partition coefficient (Wildman–Crippen LogP) is 4.61. The van der Waals surface area contributed by atoms with E-state index in [1.807, 2.05) is 26.8 Å². The highest BCUT2D eigenvalue weighted by Crippen LogP contribution is 2.30. The van der Waals surface area contributed by atoms with Crippen LogP contribution in [0.2, 0.25) is 0 Å². The zero-order valence-electron chi connectivity index (χ0n) is 14.7. The summed E-state index contributed by atoms with van der Waals surface area (Å²) >= 11 is 3.19. The van der Waals surface area contributed by atoms with Crippen LogP contribution < -0.4 is 10.6 Å². The summed E-state index contributed by atoms with van der Waals surface area (Å²) < 4.78 is 5.75. The van der Waals surface area contributed by atoms with E-state index in [0.717, 1.165) is 25.7 Å². The number of amides is 1. The minimum Gasteiger partial charge on any atom is -0.444 e. The lowest BCUT2D eigenvalue weighted by atomic mass is 9.91. The third-order valence-electron chi connectivity index (χ3n) is 3.91. The summed E-state index contributed by atoms with van der Waals surface area (Å²) in [5.41, 5.74) is 0.217. The van der Waals surface area contributed by atoms with Crippen LogP contribution >= 0.6 is 15.9 Å². The average Bonchev–Trinajstić information content (AvgIpc) is 2.47. The number of halogens is 1. The number of nitrogens with one attached hydrogen (secondary N) is 2. The molecule has 2 rings (SSSR count). The molecule has 0 aliphatic heterocycles. The van der Waals surface area contributed by atoms with E-state index in [9.17, 15) is 14.9 Å². The molecule has 2 N–H and O–H groups in total. The van der Waals surface area contributed by atoms with Gasteiger partial charge in [0.05, 0.1) is 9.40 Å². The molecule has 2 atom stereocenters. The third-order valence-corrected chi connectivity index (χ3v) is 4.58. The largest absolute Gasteiger partial charge is 0.444 e. The Morgan fingerprint density at radius 3 is 2.64 bits per heavy atom. The molecule has 1 aromatic carbocycles. The zero-order valence-corrected chi connectivity index (χ0v) is 16.3. The first-order valence-electron chi connectivity index (χ1n) is 8.34. The SMILES string of the molecule is CC(C)(C)OC(=O)NC1CCCC(Nc2ccc(Br)c([N+](=O)[O-])c2)C1. The number of carbonyl (C=O) groups is 1. The molecule has 25 heavy (non-hydrogen) atoms. The zero-order chi connectivity index (χ0) is 18.6. The maximum Gasteiger partial charge on any atom is 0.407 e. The van der Waals surface area contributed by atoms with Gasteiger partial charge in [0, 0.05) is 23.8 Å². The second-order valence-corrected chi connectivity index (χ2v) is 8.13. The number of nitro groups is 1. The van der Waals surface area contributed by atoms with E-state index in [1.165, 1.54) is 6.07 Å². The van der Waals surface area contributed by atoms with E-state index < -0.39 is 16.6 Å². The van der Waals surface area contributed by atoms with E-state index in [2.05, 4.69) is 26.6 Å². The topological polar surface area (TPSA) is 93.5 Å². The van der Waals surface area contributed by atoms with Crippen LogP contribution in [0, 0.1) is 10.1 Å². The second-order valence-electron chi connectivity index (χ2n) is 7.27. The van der Waals surface area contributed by atoms with Crippen LogP contribution in [0.15, 0.2) is 22.7 Å². The van der Waals surface area contributed by atoms with Crippen LogP contribution in [-0.4, -0.2) is 28.7 Å². The lowest BCUT2D eigenvalue weighted by molar-refractivity contribution is -0.385. The van der Waals surface area contributed by atoms with Gasteiger partial charge in [-0.3, -0.25) is 10.1 Å². The lowest BCUT2D eigenvalue weighted by Gasteiger charge is -2.31. The van der Waals surface area contributed by atoms with Gasteiger partial charge < -0.3 is 15.4 Å². The van der Waals surface area contributed by atoms with Crippen molar-refractivity contribution in [1.82, 2.24) is 5.32 Å². The first-order chi connectivity index (χ1) is 11.6. The molecule has 0 spiro atoms. The maximum absolute atomic E-state index is 11.9. The Labute approximate surface area is 155 Å². The Hall–Kier alpha value is -1.83. The molecule has 7 nitrogen and oxygen atoms in total. The molecule has 0 bridgehead atoms. The van der Waals surface area contributed by atoms with Crippen LogP contribution in [0.25, 0.3) is 0 Å². The van der Waals surface area contributed by atoms with Crippen molar-refractivity contribution in [3.63, 3.8) is 0 Å². The van der Waals surface area contributed by atoms with Crippen molar-refractivity contribution >= 4 is 33.4 Å². The van der Waals surface area contributed by atoms with Crippen molar-refractivity contribution in [1.29, 1.82) is 0 Å². The van der Waals surface area contributed by atoms with Crippen molar-refractivity contribution in [3.05, 3.63) is 32.8 Å². The Kier molecular flexibility index (Phi) is 6.26. The highest BCUT2D eigenvalue weighted by molar-refractivity contribution is 9.10. The fourth-order valence-electron chi connectivity index (χ4n) is 2.90. The molecule has 138 valence electrons. The van der Waals surface area contributed by atoms with Gasteiger partial charge in [0.25, 0.3) is 5.69 Å². The van der Waals surface area contributed by atoms with Crippen molar-refractivity contribution in [3.8, 4) is 0 Å². The first-order valence-corrected chi connectivity index (χ1v) is 9.13. The number of rotatable bonds is 4. The van der Waals surface area contributed by atoms with Crippen molar-refractivity contribution in [2.75, 3.05) is 5.32 Å². The van der Waals surface area contributed by atoms with Gasteiger partial charge in [0.15, 0.2) is 0 Å². The van der Waals surface area contributed by atoms with Crippen molar-refractivity contribution in [2.24, 2.45) is 0 Å². The van der Waals surface area contributed by atoms with Crippen molar-refractivity contribution in [2.45, 2.75) is 64.1 Å². The minimum absolute atomic E-state index is 0.0317. The summed E-state index contributed by atoms with van der Waals surface area (Å²) in [4.78, 5) is 22.5. The summed E-state index contributed by atoms with van der Waals surface area (Å²) in [7, 11) is 0. The number of hydrogen-bond acceptors (Lipinski definition) is 5. The second kappa shape index (κ2) is 8.03. The summed E-state index contributed by atoms with van der Waals surface area (Å²) in [5, 5.41) is 17.3. The Morgan fingerprint density at radius 2 is 2.00 bits per heavy atom. The molecule has 1 amide bonds. The van der Waals surface area contributed by atoms with E-state index in [4.69, 9.17) is 4.74 Å². The number of hydrogen-bond donors (Lipinski definition) is 2. The van der Waals surface area contributed by atoms with Gasteiger partial charge in [0.2, 0.25) is 0 Å². The molecule has 1 fully saturated rings. The molecule has 0 heterocycles. The van der Waals surface area contributed by atoms with Crippen LogP contribution in [0.4, 0.5) is 16.2 Å². The van der Waals surface area contributed by atoms with E-state index in [-0.39, 0.29) is 17.8 Å². The minimum atomic E-state index is -0.521. The summed E-state index contributed by atoms with van der Waals surface area (Å²) in [5.74, 6) is 0. The smallest absolute Gasteiger partial charge is 0.407 e. The highest BCUT2D eigenvalue weighted by atomic mass is 79.9. The molecule has 0 radical (unpaired) electrons. The number of nitrogens with zero attached hydrogens (tertiary/aromatic N) is 1. The molecule has 8 heteroatoms. The molecular weight excluding hydrogens is 390 g/mol.